The van der Waals surface area contributed by atoms with Gasteiger partial charge in [0.25, 0.3) is 0 Å². The van der Waals surface area contributed by atoms with Crippen LogP contribution in [0.1, 0.15) is 68.7 Å². The predicted octanol–water partition coefficient (Wildman–Crippen LogP) is 4.14. The van der Waals surface area contributed by atoms with Gasteiger partial charge in [-0.05, 0) is 51.6 Å². The fraction of sp³-hybridized carbons (Fsp3) is 0.750. The average Bonchev–Trinajstić information content (AvgIpc) is 3.41. The maximum Gasteiger partial charge on any atom is 0.417 e. The van der Waals surface area contributed by atoms with Crippen molar-refractivity contribution in [2.24, 2.45) is 0 Å². The molecule has 3 fully saturated rings. The van der Waals surface area contributed by atoms with Gasteiger partial charge >= 0.3 is 6.09 Å². The van der Waals surface area contributed by atoms with E-state index in [0.717, 1.165) is 56.6 Å². The number of aromatic nitrogens is 1. The molecule has 0 atom stereocenters. The van der Waals surface area contributed by atoms with Crippen molar-refractivity contribution >= 4 is 17.4 Å². The summed E-state index contributed by atoms with van der Waals surface area (Å²) >= 11 is 1.59. The molecule has 0 aromatic carbocycles. The number of hydrogen-bond acceptors (Lipinski definition) is 6. The summed E-state index contributed by atoms with van der Waals surface area (Å²) < 4.78 is 5.70. The van der Waals surface area contributed by atoms with Gasteiger partial charge in [-0.3, -0.25) is 4.90 Å². The molecule has 0 spiro atoms. The van der Waals surface area contributed by atoms with Gasteiger partial charge in [0.1, 0.15) is 0 Å². The van der Waals surface area contributed by atoms with Gasteiger partial charge < -0.3 is 9.64 Å². The highest BCUT2D eigenvalue weighted by Gasteiger charge is 2.39. The van der Waals surface area contributed by atoms with Gasteiger partial charge in [-0.15, -0.1) is 11.3 Å². The molecule has 0 unspecified atom stereocenters. The number of piperidine rings is 1. The minimum Gasteiger partial charge on any atom is -0.390 e. The average molecular weight is 389 g/mol. The first-order valence-electron chi connectivity index (χ1n) is 10.3. The molecule has 2 heterocycles. The molecule has 1 aromatic heterocycles. The van der Waals surface area contributed by atoms with Gasteiger partial charge in [-0.2, -0.15) is 5.26 Å². The van der Waals surface area contributed by atoms with E-state index < -0.39 is 0 Å². The number of carbonyl (C=O) groups excluding carboxylic acids is 1. The second-order valence-corrected chi connectivity index (χ2v) is 8.92. The van der Waals surface area contributed by atoms with E-state index in [0.29, 0.717) is 30.4 Å². The van der Waals surface area contributed by atoms with Crippen LogP contribution in [0.2, 0.25) is 0 Å². The van der Waals surface area contributed by atoms with Gasteiger partial charge in [-0.1, -0.05) is 19.3 Å². The zero-order valence-corrected chi connectivity index (χ0v) is 16.6. The highest BCUT2D eigenvalue weighted by atomic mass is 32.1. The first kappa shape index (κ1) is 18.7. The number of thiazole rings is 1. The third-order valence-corrected chi connectivity index (χ3v) is 7.03. The standard InChI is InChI=1S/C20H28N4O2S/c21-10-13-23-11-8-15(9-12-23)19-22-18(14-27-19)26-20(25)24(17-6-7-17)16-4-2-1-3-5-16/h14-17H,1-9,11-13H2. The van der Waals surface area contributed by atoms with Gasteiger partial charge in [0.2, 0.25) is 5.88 Å². The molecule has 1 aliphatic heterocycles. The lowest BCUT2D eigenvalue weighted by Crippen LogP contribution is -2.44. The Morgan fingerprint density at radius 2 is 1.89 bits per heavy atom. The monoisotopic (exact) mass is 388 g/mol. The summed E-state index contributed by atoms with van der Waals surface area (Å²) in [6, 6.07) is 2.95. The summed E-state index contributed by atoms with van der Waals surface area (Å²) in [6.07, 6.45) is 9.96. The van der Waals surface area contributed by atoms with Crippen molar-refractivity contribution in [2.45, 2.75) is 75.8 Å². The Hall–Kier alpha value is -1.65. The van der Waals surface area contributed by atoms with E-state index in [9.17, 15) is 4.79 Å². The first-order chi connectivity index (χ1) is 13.2. The highest BCUT2D eigenvalue weighted by Crippen LogP contribution is 2.35. The second-order valence-electron chi connectivity index (χ2n) is 8.03. The van der Waals surface area contributed by atoms with E-state index in [1.165, 1.54) is 19.3 Å². The quantitative estimate of drug-likeness (QED) is 0.709. The molecule has 2 saturated carbocycles. The van der Waals surface area contributed by atoms with Crippen molar-refractivity contribution in [1.29, 1.82) is 5.26 Å². The van der Waals surface area contributed by atoms with Crippen LogP contribution in [0.25, 0.3) is 0 Å². The van der Waals surface area contributed by atoms with E-state index in [4.69, 9.17) is 10.00 Å². The molecule has 2 aliphatic carbocycles. The van der Waals surface area contributed by atoms with Crippen LogP contribution in [0.3, 0.4) is 0 Å². The zero-order valence-electron chi connectivity index (χ0n) is 15.8. The van der Waals surface area contributed by atoms with Gasteiger partial charge in [0, 0.05) is 18.0 Å². The van der Waals surface area contributed by atoms with Crippen LogP contribution < -0.4 is 4.74 Å². The molecule has 146 valence electrons. The van der Waals surface area contributed by atoms with Gasteiger partial charge in [0.15, 0.2) is 0 Å². The first-order valence-corrected chi connectivity index (χ1v) is 11.2. The number of nitrogens with zero attached hydrogens (tertiary/aromatic N) is 4. The van der Waals surface area contributed by atoms with Gasteiger partial charge in [-0.25, -0.2) is 9.78 Å². The van der Waals surface area contributed by atoms with Crippen LogP contribution in [0, 0.1) is 11.3 Å². The Balaban J connectivity index is 1.34. The summed E-state index contributed by atoms with van der Waals surface area (Å²) in [5.74, 6) is 0.871. The molecule has 1 amide bonds. The van der Waals surface area contributed by atoms with Crippen molar-refractivity contribution in [3.05, 3.63) is 10.4 Å². The Morgan fingerprint density at radius 1 is 1.19 bits per heavy atom. The lowest BCUT2D eigenvalue weighted by molar-refractivity contribution is 0.111. The normalized spacial score (nSPS) is 22.3. The molecule has 3 aliphatic rings. The zero-order chi connectivity index (χ0) is 18.6. The van der Waals surface area contributed by atoms with Crippen molar-refractivity contribution in [2.75, 3.05) is 19.6 Å². The summed E-state index contributed by atoms with van der Waals surface area (Å²) in [4.78, 5) is 21.6. The molecule has 7 heteroatoms. The van der Waals surface area contributed by atoms with E-state index in [-0.39, 0.29) is 6.09 Å². The van der Waals surface area contributed by atoms with Crippen LogP contribution in [0.5, 0.6) is 5.88 Å². The number of hydrogen-bond donors (Lipinski definition) is 0. The number of rotatable bonds is 5. The third kappa shape index (κ3) is 4.61. The fourth-order valence-electron chi connectivity index (χ4n) is 4.39. The lowest BCUT2D eigenvalue weighted by atomic mass is 9.94. The molecule has 1 saturated heterocycles. The molecule has 6 nitrogen and oxygen atoms in total. The largest absolute Gasteiger partial charge is 0.417 e. The SMILES string of the molecule is N#CCN1CCC(c2nc(OC(=O)N(C3CCCCC3)C3CC3)cs2)CC1. The Labute approximate surface area is 165 Å². The summed E-state index contributed by atoms with van der Waals surface area (Å²) in [7, 11) is 0. The number of amides is 1. The van der Waals surface area contributed by atoms with Crippen LogP contribution in [-0.2, 0) is 0 Å². The molecular formula is C20H28N4O2S. The molecule has 0 N–H and O–H groups in total. The molecular weight excluding hydrogens is 360 g/mol. The molecule has 0 bridgehead atoms. The van der Waals surface area contributed by atoms with Crippen LogP contribution in [0.4, 0.5) is 4.79 Å². The van der Waals surface area contributed by atoms with E-state index >= 15 is 0 Å². The van der Waals surface area contributed by atoms with E-state index in [1.807, 2.05) is 10.3 Å². The maximum absolute atomic E-state index is 12.8. The smallest absolute Gasteiger partial charge is 0.390 e. The molecule has 0 radical (unpaired) electrons. The lowest BCUT2D eigenvalue weighted by Gasteiger charge is -2.33. The topological polar surface area (TPSA) is 69.5 Å². The highest BCUT2D eigenvalue weighted by molar-refractivity contribution is 7.09. The Kier molecular flexibility index (Phi) is 5.94. The number of carbonyl (C=O) groups is 1. The number of nitriles is 1. The minimum atomic E-state index is -0.204. The van der Waals surface area contributed by atoms with Crippen LogP contribution >= 0.6 is 11.3 Å². The van der Waals surface area contributed by atoms with Crippen molar-refractivity contribution in [3.63, 3.8) is 0 Å². The second kappa shape index (κ2) is 8.57. The predicted molar refractivity (Wildman–Crippen MR) is 104 cm³/mol. The van der Waals surface area contributed by atoms with E-state index in [1.54, 1.807) is 11.3 Å². The van der Waals surface area contributed by atoms with Crippen LogP contribution in [0.15, 0.2) is 5.38 Å². The van der Waals surface area contributed by atoms with E-state index in [2.05, 4.69) is 16.0 Å². The van der Waals surface area contributed by atoms with Crippen molar-refractivity contribution < 1.29 is 9.53 Å². The summed E-state index contributed by atoms with van der Waals surface area (Å²) in [5, 5.41) is 11.8. The fourth-order valence-corrected chi connectivity index (χ4v) is 5.29. The third-order valence-electron chi connectivity index (χ3n) is 6.04. The number of likely N-dealkylation sites (tertiary alicyclic amines) is 1. The molecule has 4 rings (SSSR count). The molecule has 1 aromatic rings. The van der Waals surface area contributed by atoms with Crippen molar-refractivity contribution in [3.8, 4) is 11.9 Å². The maximum atomic E-state index is 12.8. The van der Waals surface area contributed by atoms with Crippen LogP contribution in [-0.4, -0.2) is 52.6 Å². The Morgan fingerprint density at radius 3 is 2.56 bits per heavy atom. The van der Waals surface area contributed by atoms with Crippen molar-refractivity contribution in [1.82, 2.24) is 14.8 Å². The summed E-state index contributed by atoms with van der Waals surface area (Å²) in [5.41, 5.74) is 0. The minimum absolute atomic E-state index is 0.204. The molecule has 27 heavy (non-hydrogen) atoms. The Bertz CT molecular complexity index is 682. The summed E-state index contributed by atoms with van der Waals surface area (Å²) in [6.45, 7) is 2.37. The number of ether oxygens (including phenoxy) is 1. The van der Waals surface area contributed by atoms with Gasteiger partial charge in [0.05, 0.1) is 23.0 Å².